The first-order valence-corrected chi connectivity index (χ1v) is 3.99. The quantitative estimate of drug-likeness (QED) is 0.405. The van der Waals surface area contributed by atoms with Crippen LogP contribution in [0.1, 0.15) is 25.3 Å². The molecule has 0 aliphatic carbocycles. The van der Waals surface area contributed by atoms with Gasteiger partial charge in [0.25, 0.3) is 0 Å². The lowest BCUT2D eigenvalue weighted by atomic mass is 9.97. The molecule has 0 bridgehead atoms. The standard InChI is InChI=1S/C10H13NO/c1-8(9(2)11-12)10-6-4-3-5-7-10/h3-8,12H,1-2H3/b11-9+. The van der Waals surface area contributed by atoms with E-state index < -0.39 is 0 Å². The van der Waals surface area contributed by atoms with Crippen LogP contribution in [0.2, 0.25) is 0 Å². The molecule has 0 amide bonds. The highest BCUT2D eigenvalue weighted by atomic mass is 16.4. The van der Waals surface area contributed by atoms with Gasteiger partial charge in [0.15, 0.2) is 0 Å². The van der Waals surface area contributed by atoms with Gasteiger partial charge in [-0.1, -0.05) is 42.4 Å². The topological polar surface area (TPSA) is 32.6 Å². The zero-order chi connectivity index (χ0) is 8.97. The van der Waals surface area contributed by atoms with Crippen molar-refractivity contribution in [2.24, 2.45) is 5.16 Å². The Morgan fingerprint density at radius 1 is 1.33 bits per heavy atom. The van der Waals surface area contributed by atoms with Crippen LogP contribution in [0, 0.1) is 0 Å². The van der Waals surface area contributed by atoms with Crippen LogP contribution in [0.3, 0.4) is 0 Å². The Kier molecular flexibility index (Phi) is 2.86. The van der Waals surface area contributed by atoms with Gasteiger partial charge < -0.3 is 5.21 Å². The van der Waals surface area contributed by atoms with Crippen LogP contribution in [0.4, 0.5) is 0 Å². The maximum atomic E-state index is 8.55. The lowest BCUT2D eigenvalue weighted by Crippen LogP contribution is -2.04. The molecule has 1 N–H and O–H groups in total. The normalized spacial score (nSPS) is 14.3. The molecule has 0 saturated carbocycles. The van der Waals surface area contributed by atoms with Crippen molar-refractivity contribution in [1.82, 2.24) is 0 Å². The Balaban J connectivity index is 2.86. The van der Waals surface area contributed by atoms with Crippen molar-refractivity contribution in [2.75, 3.05) is 0 Å². The van der Waals surface area contributed by atoms with E-state index in [1.165, 1.54) is 5.56 Å². The van der Waals surface area contributed by atoms with Crippen molar-refractivity contribution >= 4 is 5.71 Å². The summed E-state index contributed by atoms with van der Waals surface area (Å²) in [5.74, 6) is 0.191. The van der Waals surface area contributed by atoms with Gasteiger partial charge in [-0.25, -0.2) is 0 Å². The van der Waals surface area contributed by atoms with E-state index >= 15 is 0 Å². The second-order valence-electron chi connectivity index (χ2n) is 2.87. The third kappa shape index (κ3) is 1.84. The zero-order valence-electron chi connectivity index (χ0n) is 7.36. The Hall–Kier alpha value is -1.31. The van der Waals surface area contributed by atoms with Crippen molar-refractivity contribution in [3.05, 3.63) is 35.9 Å². The molecule has 0 aliphatic rings. The van der Waals surface area contributed by atoms with E-state index in [0.717, 1.165) is 5.71 Å². The first-order chi connectivity index (χ1) is 5.75. The first-order valence-electron chi connectivity index (χ1n) is 3.99. The maximum Gasteiger partial charge on any atom is 0.0611 e. The summed E-state index contributed by atoms with van der Waals surface area (Å²) < 4.78 is 0. The minimum atomic E-state index is 0.191. The number of hydrogen-bond donors (Lipinski definition) is 1. The molecule has 0 aromatic heterocycles. The highest BCUT2D eigenvalue weighted by Gasteiger charge is 2.07. The van der Waals surface area contributed by atoms with Crippen molar-refractivity contribution in [3.63, 3.8) is 0 Å². The number of oxime groups is 1. The van der Waals surface area contributed by atoms with E-state index in [1.807, 2.05) is 44.2 Å². The van der Waals surface area contributed by atoms with E-state index in [1.54, 1.807) is 0 Å². The summed E-state index contributed by atoms with van der Waals surface area (Å²) >= 11 is 0. The zero-order valence-corrected chi connectivity index (χ0v) is 7.36. The molecule has 1 aromatic rings. The Labute approximate surface area is 72.5 Å². The fourth-order valence-corrected chi connectivity index (χ4v) is 1.07. The van der Waals surface area contributed by atoms with Crippen LogP contribution in [0.25, 0.3) is 0 Å². The predicted molar refractivity (Wildman–Crippen MR) is 49.8 cm³/mol. The molecule has 0 fully saturated rings. The second-order valence-corrected chi connectivity index (χ2v) is 2.87. The molecule has 0 radical (unpaired) electrons. The van der Waals surface area contributed by atoms with Crippen LogP contribution in [-0.2, 0) is 0 Å². The summed E-state index contributed by atoms with van der Waals surface area (Å²) in [6.07, 6.45) is 0. The number of benzene rings is 1. The summed E-state index contributed by atoms with van der Waals surface area (Å²) in [6, 6.07) is 9.99. The van der Waals surface area contributed by atoms with Gasteiger partial charge in [-0.2, -0.15) is 0 Å². The second kappa shape index (κ2) is 3.90. The monoisotopic (exact) mass is 163 g/mol. The summed E-state index contributed by atoms with van der Waals surface area (Å²) in [7, 11) is 0. The van der Waals surface area contributed by atoms with Gasteiger partial charge >= 0.3 is 0 Å². The molecule has 1 unspecified atom stereocenters. The van der Waals surface area contributed by atoms with Gasteiger partial charge in [-0.3, -0.25) is 0 Å². The van der Waals surface area contributed by atoms with Crippen LogP contribution in [-0.4, -0.2) is 10.9 Å². The van der Waals surface area contributed by atoms with Gasteiger partial charge in [-0.15, -0.1) is 0 Å². The lowest BCUT2D eigenvalue weighted by molar-refractivity contribution is 0.316. The molecule has 0 spiro atoms. The minimum absolute atomic E-state index is 0.191. The smallest absolute Gasteiger partial charge is 0.0611 e. The number of rotatable bonds is 2. The molecule has 1 aromatic carbocycles. The van der Waals surface area contributed by atoms with E-state index in [9.17, 15) is 0 Å². The molecule has 2 nitrogen and oxygen atoms in total. The van der Waals surface area contributed by atoms with E-state index in [0.29, 0.717) is 0 Å². The first kappa shape index (κ1) is 8.78. The molecule has 2 heteroatoms. The molecule has 0 heterocycles. The summed E-state index contributed by atoms with van der Waals surface area (Å²) in [5.41, 5.74) is 1.91. The van der Waals surface area contributed by atoms with Gasteiger partial charge in [-0.05, 0) is 12.5 Å². The van der Waals surface area contributed by atoms with Gasteiger partial charge in [0.05, 0.1) is 5.71 Å². The minimum Gasteiger partial charge on any atom is -0.411 e. The SMILES string of the molecule is C/C(=N\O)C(C)c1ccccc1. The van der Waals surface area contributed by atoms with E-state index in [2.05, 4.69) is 5.16 Å². The van der Waals surface area contributed by atoms with Gasteiger partial charge in [0.2, 0.25) is 0 Å². The highest BCUT2D eigenvalue weighted by Crippen LogP contribution is 2.15. The van der Waals surface area contributed by atoms with Crippen LogP contribution in [0.15, 0.2) is 35.5 Å². The van der Waals surface area contributed by atoms with Gasteiger partial charge in [0, 0.05) is 5.92 Å². The van der Waals surface area contributed by atoms with Crippen molar-refractivity contribution in [3.8, 4) is 0 Å². The van der Waals surface area contributed by atoms with E-state index in [-0.39, 0.29) is 5.92 Å². The Morgan fingerprint density at radius 2 is 1.92 bits per heavy atom. The van der Waals surface area contributed by atoms with Crippen LogP contribution >= 0.6 is 0 Å². The average Bonchev–Trinajstić information content (AvgIpc) is 2.17. The fourth-order valence-electron chi connectivity index (χ4n) is 1.07. The molecular weight excluding hydrogens is 150 g/mol. The molecular formula is C10H13NO. The molecule has 0 saturated heterocycles. The molecule has 0 aliphatic heterocycles. The number of nitrogens with zero attached hydrogens (tertiary/aromatic N) is 1. The average molecular weight is 163 g/mol. The molecule has 12 heavy (non-hydrogen) atoms. The van der Waals surface area contributed by atoms with Crippen molar-refractivity contribution < 1.29 is 5.21 Å². The third-order valence-electron chi connectivity index (χ3n) is 2.08. The Bertz CT molecular complexity index is 266. The third-order valence-corrected chi connectivity index (χ3v) is 2.08. The van der Waals surface area contributed by atoms with Crippen LogP contribution < -0.4 is 0 Å². The fraction of sp³-hybridized carbons (Fsp3) is 0.300. The van der Waals surface area contributed by atoms with Crippen molar-refractivity contribution in [2.45, 2.75) is 19.8 Å². The maximum absolute atomic E-state index is 8.55. The number of hydrogen-bond acceptors (Lipinski definition) is 2. The van der Waals surface area contributed by atoms with E-state index in [4.69, 9.17) is 5.21 Å². The molecule has 1 rings (SSSR count). The van der Waals surface area contributed by atoms with Crippen molar-refractivity contribution in [1.29, 1.82) is 0 Å². The summed E-state index contributed by atoms with van der Waals surface area (Å²) in [6.45, 7) is 3.84. The molecule has 1 atom stereocenters. The Morgan fingerprint density at radius 3 is 2.42 bits per heavy atom. The highest BCUT2D eigenvalue weighted by molar-refractivity contribution is 5.87. The summed E-state index contributed by atoms with van der Waals surface area (Å²) in [5, 5.41) is 11.7. The van der Waals surface area contributed by atoms with Gasteiger partial charge in [0.1, 0.15) is 0 Å². The predicted octanol–water partition coefficient (Wildman–Crippen LogP) is 2.64. The largest absolute Gasteiger partial charge is 0.411 e. The van der Waals surface area contributed by atoms with Crippen LogP contribution in [0.5, 0.6) is 0 Å². The molecule has 64 valence electrons. The lowest BCUT2D eigenvalue weighted by Gasteiger charge is -2.08. The summed E-state index contributed by atoms with van der Waals surface area (Å²) in [4.78, 5) is 0.